The summed E-state index contributed by atoms with van der Waals surface area (Å²) >= 11 is 3.15. The number of hydrogen-bond donors (Lipinski definition) is 1. The molecule has 5 heteroatoms. The van der Waals surface area contributed by atoms with Gasteiger partial charge in [0, 0.05) is 24.3 Å². The average Bonchev–Trinajstić information content (AvgIpc) is 2.56. The first-order valence-corrected chi connectivity index (χ1v) is 8.33. The van der Waals surface area contributed by atoms with Crippen molar-refractivity contribution in [2.75, 3.05) is 13.2 Å². The van der Waals surface area contributed by atoms with Gasteiger partial charge in [-0.2, -0.15) is 0 Å². The molecule has 0 bridgehead atoms. The van der Waals surface area contributed by atoms with E-state index in [4.69, 9.17) is 9.47 Å². The van der Waals surface area contributed by atoms with E-state index in [9.17, 15) is 9.50 Å². The van der Waals surface area contributed by atoms with Crippen LogP contribution in [0.15, 0.2) is 46.9 Å². The van der Waals surface area contributed by atoms with Gasteiger partial charge in [0.15, 0.2) is 6.29 Å². The van der Waals surface area contributed by atoms with Crippen molar-refractivity contribution in [1.82, 2.24) is 0 Å². The largest absolute Gasteiger partial charge is 0.384 e. The Morgan fingerprint density at radius 3 is 2.13 bits per heavy atom. The van der Waals surface area contributed by atoms with E-state index in [1.165, 1.54) is 0 Å². The summed E-state index contributed by atoms with van der Waals surface area (Å²) in [5.74, 6) is -0.473. The van der Waals surface area contributed by atoms with Crippen LogP contribution < -0.4 is 0 Å². The van der Waals surface area contributed by atoms with Gasteiger partial charge in [0.1, 0.15) is 11.9 Å². The molecule has 2 aromatic rings. The summed E-state index contributed by atoms with van der Waals surface area (Å²) in [5, 5.41) is 10.7. The summed E-state index contributed by atoms with van der Waals surface area (Å²) in [6, 6.07) is 12.1. The fourth-order valence-electron chi connectivity index (χ4n) is 2.40. The third-order valence-corrected chi connectivity index (χ3v) is 4.07. The molecule has 3 nitrogen and oxygen atoms in total. The summed E-state index contributed by atoms with van der Waals surface area (Å²) in [6.07, 6.45) is -1.70. The van der Waals surface area contributed by atoms with Gasteiger partial charge < -0.3 is 14.6 Å². The van der Waals surface area contributed by atoms with Gasteiger partial charge in [-0.05, 0) is 41.4 Å². The van der Waals surface area contributed by atoms with Crippen molar-refractivity contribution < 1.29 is 19.0 Å². The lowest BCUT2D eigenvalue weighted by Crippen LogP contribution is -2.14. The summed E-state index contributed by atoms with van der Waals surface area (Å²) in [7, 11) is 0. The Hall–Kier alpha value is -1.27. The van der Waals surface area contributed by atoms with Gasteiger partial charge in [-0.25, -0.2) is 4.39 Å². The minimum Gasteiger partial charge on any atom is -0.384 e. The van der Waals surface area contributed by atoms with Crippen LogP contribution in [0.25, 0.3) is 0 Å². The number of halogens is 2. The molecule has 1 atom stereocenters. The monoisotopic (exact) mass is 382 g/mol. The predicted octanol–water partition coefficient (Wildman–Crippen LogP) is 4.74. The highest BCUT2D eigenvalue weighted by molar-refractivity contribution is 9.10. The Balaban J connectivity index is 2.44. The minimum absolute atomic E-state index is 0.207. The van der Waals surface area contributed by atoms with Gasteiger partial charge in [0.2, 0.25) is 0 Å². The molecule has 0 spiro atoms. The van der Waals surface area contributed by atoms with Crippen LogP contribution in [0.4, 0.5) is 4.39 Å². The Morgan fingerprint density at radius 1 is 0.957 bits per heavy atom. The van der Waals surface area contributed by atoms with Gasteiger partial charge in [0.05, 0.1) is 4.47 Å². The third kappa shape index (κ3) is 4.18. The standard InChI is InChI=1S/C18H20BrFO3/c1-3-22-18(23-4-2)13-9-6-5-8-12(13)17(21)14-10-7-11-15(19)16(14)20/h5-11,17-18,21H,3-4H2,1-2H3/t17-/m0/s1. The van der Waals surface area contributed by atoms with Crippen molar-refractivity contribution in [3.63, 3.8) is 0 Å². The Labute approximate surface area is 144 Å². The predicted molar refractivity (Wildman–Crippen MR) is 90.6 cm³/mol. The van der Waals surface area contributed by atoms with Crippen LogP contribution in [0, 0.1) is 5.82 Å². The fraction of sp³-hybridized carbons (Fsp3) is 0.333. The second-order valence-electron chi connectivity index (χ2n) is 4.92. The van der Waals surface area contributed by atoms with Crippen LogP contribution in [-0.2, 0) is 9.47 Å². The van der Waals surface area contributed by atoms with Crippen molar-refractivity contribution in [2.45, 2.75) is 26.2 Å². The van der Waals surface area contributed by atoms with Crippen molar-refractivity contribution in [1.29, 1.82) is 0 Å². The summed E-state index contributed by atoms with van der Waals surface area (Å²) in [5.41, 5.74) is 1.47. The topological polar surface area (TPSA) is 38.7 Å². The molecule has 23 heavy (non-hydrogen) atoms. The highest BCUT2D eigenvalue weighted by Crippen LogP contribution is 2.33. The SMILES string of the molecule is CCOC(OCC)c1ccccc1[C@H](O)c1cccc(Br)c1F. The molecular formula is C18H20BrFO3. The molecule has 0 aliphatic carbocycles. The molecule has 0 saturated heterocycles. The van der Waals surface area contributed by atoms with E-state index in [2.05, 4.69) is 15.9 Å². The van der Waals surface area contributed by atoms with Crippen molar-refractivity contribution in [3.8, 4) is 0 Å². The molecule has 0 aliphatic heterocycles. The molecule has 0 saturated carbocycles. The molecule has 124 valence electrons. The van der Waals surface area contributed by atoms with Crippen LogP contribution in [0.5, 0.6) is 0 Å². The fourth-order valence-corrected chi connectivity index (χ4v) is 2.79. The van der Waals surface area contributed by atoms with Crippen LogP contribution in [0.2, 0.25) is 0 Å². The van der Waals surface area contributed by atoms with E-state index in [1.807, 2.05) is 26.0 Å². The lowest BCUT2D eigenvalue weighted by molar-refractivity contribution is -0.141. The van der Waals surface area contributed by atoms with Crippen molar-refractivity contribution in [3.05, 3.63) is 69.4 Å². The Kier molecular flexibility index (Phi) is 6.72. The van der Waals surface area contributed by atoms with Crippen LogP contribution in [0.3, 0.4) is 0 Å². The second-order valence-corrected chi connectivity index (χ2v) is 5.77. The smallest absolute Gasteiger partial charge is 0.184 e. The Bertz CT molecular complexity index is 642. The van der Waals surface area contributed by atoms with Gasteiger partial charge in [-0.15, -0.1) is 0 Å². The van der Waals surface area contributed by atoms with Crippen LogP contribution in [0.1, 0.15) is 42.9 Å². The van der Waals surface area contributed by atoms with Gasteiger partial charge in [-0.1, -0.05) is 36.4 Å². The molecule has 0 fully saturated rings. The van der Waals surface area contributed by atoms with E-state index in [0.717, 1.165) is 0 Å². The van der Waals surface area contributed by atoms with Crippen molar-refractivity contribution >= 4 is 15.9 Å². The van der Waals surface area contributed by atoms with Crippen LogP contribution in [-0.4, -0.2) is 18.3 Å². The maximum Gasteiger partial charge on any atom is 0.184 e. The van der Waals surface area contributed by atoms with Crippen molar-refractivity contribution in [2.24, 2.45) is 0 Å². The van der Waals surface area contributed by atoms with E-state index in [-0.39, 0.29) is 5.56 Å². The number of rotatable bonds is 7. The zero-order chi connectivity index (χ0) is 16.8. The summed E-state index contributed by atoms with van der Waals surface area (Å²) < 4.78 is 25.8. The number of benzene rings is 2. The zero-order valence-electron chi connectivity index (χ0n) is 13.1. The lowest BCUT2D eigenvalue weighted by Gasteiger charge is -2.23. The molecule has 2 rings (SSSR count). The third-order valence-electron chi connectivity index (χ3n) is 3.46. The number of aliphatic hydroxyl groups is 1. The van der Waals surface area contributed by atoms with E-state index >= 15 is 0 Å². The maximum absolute atomic E-state index is 14.3. The molecular weight excluding hydrogens is 363 g/mol. The van der Waals surface area contributed by atoms with E-state index < -0.39 is 18.2 Å². The number of ether oxygens (including phenoxy) is 2. The molecule has 0 unspecified atom stereocenters. The number of hydrogen-bond acceptors (Lipinski definition) is 3. The van der Waals surface area contributed by atoms with Gasteiger partial charge in [-0.3, -0.25) is 0 Å². The summed E-state index contributed by atoms with van der Waals surface area (Å²) in [6.45, 7) is 4.69. The number of aliphatic hydroxyl groups excluding tert-OH is 1. The molecule has 2 aromatic carbocycles. The quantitative estimate of drug-likeness (QED) is 0.702. The molecule has 0 aromatic heterocycles. The normalized spacial score (nSPS) is 12.6. The van der Waals surface area contributed by atoms with E-state index in [1.54, 1.807) is 30.3 Å². The molecule has 0 heterocycles. The second kappa shape index (κ2) is 8.55. The minimum atomic E-state index is -1.10. The van der Waals surface area contributed by atoms with E-state index in [0.29, 0.717) is 28.8 Å². The van der Waals surface area contributed by atoms with Crippen LogP contribution >= 0.6 is 15.9 Å². The molecule has 1 N–H and O–H groups in total. The van der Waals surface area contributed by atoms with Gasteiger partial charge in [0.25, 0.3) is 0 Å². The first-order chi connectivity index (χ1) is 11.1. The molecule has 0 radical (unpaired) electrons. The molecule has 0 amide bonds. The zero-order valence-corrected chi connectivity index (χ0v) is 14.7. The Morgan fingerprint density at radius 2 is 1.52 bits per heavy atom. The first kappa shape index (κ1) is 18.1. The summed E-state index contributed by atoms with van der Waals surface area (Å²) in [4.78, 5) is 0. The lowest BCUT2D eigenvalue weighted by atomic mass is 9.96. The maximum atomic E-state index is 14.3. The highest BCUT2D eigenvalue weighted by Gasteiger charge is 2.23. The highest BCUT2D eigenvalue weighted by atomic mass is 79.9. The first-order valence-electron chi connectivity index (χ1n) is 7.54. The molecule has 0 aliphatic rings. The van der Waals surface area contributed by atoms with Gasteiger partial charge >= 0.3 is 0 Å². The average molecular weight is 383 g/mol.